The van der Waals surface area contributed by atoms with Gasteiger partial charge < -0.3 is 10.6 Å². The number of nitrogens with zero attached hydrogens (tertiary/aromatic N) is 4. The third-order valence-corrected chi connectivity index (χ3v) is 5.51. The number of rotatable bonds is 4. The number of amides is 1. The summed E-state index contributed by atoms with van der Waals surface area (Å²) >= 11 is 0. The molecule has 8 heteroatoms. The van der Waals surface area contributed by atoms with E-state index >= 15 is 0 Å². The zero-order valence-electron chi connectivity index (χ0n) is 16.2. The minimum atomic E-state index is -0.256. The topological polar surface area (TPSA) is 85.9 Å². The number of carbonyl (C=O) groups excluding carboxylic acids is 1. The number of benzene rings is 1. The summed E-state index contributed by atoms with van der Waals surface area (Å²) in [5, 5.41) is 10.4. The largest absolute Gasteiger partial charge is 0.320 e. The molecule has 0 saturated carbocycles. The lowest BCUT2D eigenvalue weighted by Crippen LogP contribution is -2.30. The first kappa shape index (κ1) is 18.2. The fourth-order valence-corrected chi connectivity index (χ4v) is 3.86. The van der Waals surface area contributed by atoms with Gasteiger partial charge in [-0.3, -0.25) is 19.0 Å². The Labute approximate surface area is 162 Å². The summed E-state index contributed by atoms with van der Waals surface area (Å²) < 4.78 is 5.07. The van der Waals surface area contributed by atoms with E-state index in [1.165, 1.54) is 0 Å². The van der Waals surface area contributed by atoms with Crippen molar-refractivity contribution in [1.29, 1.82) is 0 Å². The average Bonchev–Trinajstić information content (AvgIpc) is 3.38. The lowest BCUT2D eigenvalue weighted by atomic mass is 9.90. The van der Waals surface area contributed by atoms with Gasteiger partial charge in [-0.2, -0.15) is 5.10 Å². The molecule has 1 aliphatic rings. The summed E-state index contributed by atoms with van der Waals surface area (Å²) in [6, 6.07) is 9.40. The van der Waals surface area contributed by atoms with Gasteiger partial charge in [0.25, 0.3) is 5.56 Å². The molecule has 1 aromatic carbocycles. The Morgan fingerprint density at radius 3 is 2.64 bits per heavy atom. The van der Waals surface area contributed by atoms with Crippen LogP contribution in [0.15, 0.2) is 47.5 Å². The van der Waals surface area contributed by atoms with E-state index < -0.39 is 0 Å². The van der Waals surface area contributed by atoms with E-state index in [0.717, 1.165) is 11.3 Å². The number of carbonyl (C=O) groups is 1. The number of para-hydroxylation sites is 1. The molecule has 3 aromatic rings. The molecule has 146 valence electrons. The van der Waals surface area contributed by atoms with E-state index in [-0.39, 0.29) is 23.3 Å². The molecule has 28 heavy (non-hydrogen) atoms. The van der Waals surface area contributed by atoms with Crippen molar-refractivity contribution in [1.82, 2.24) is 24.5 Å². The Balaban J connectivity index is 1.62. The van der Waals surface area contributed by atoms with Gasteiger partial charge in [0.15, 0.2) is 0 Å². The summed E-state index contributed by atoms with van der Waals surface area (Å²) in [4.78, 5) is 26.0. The van der Waals surface area contributed by atoms with Crippen molar-refractivity contribution in [2.24, 2.45) is 20.0 Å². The van der Waals surface area contributed by atoms with Crippen LogP contribution in [0.1, 0.15) is 17.2 Å². The highest BCUT2D eigenvalue weighted by atomic mass is 16.2. The van der Waals surface area contributed by atoms with E-state index in [1.54, 1.807) is 20.2 Å². The quantitative estimate of drug-likeness (QED) is 0.711. The second kappa shape index (κ2) is 7.12. The van der Waals surface area contributed by atoms with E-state index in [1.807, 2.05) is 57.5 Å². The first-order chi connectivity index (χ1) is 13.5. The molecule has 0 radical (unpaired) electrons. The predicted molar refractivity (Wildman–Crippen MR) is 107 cm³/mol. The van der Waals surface area contributed by atoms with Crippen molar-refractivity contribution in [3.8, 4) is 5.69 Å². The van der Waals surface area contributed by atoms with Gasteiger partial charge in [0.2, 0.25) is 5.91 Å². The van der Waals surface area contributed by atoms with Crippen molar-refractivity contribution in [3.05, 3.63) is 64.3 Å². The molecule has 2 atom stereocenters. The van der Waals surface area contributed by atoms with Gasteiger partial charge >= 0.3 is 0 Å². The van der Waals surface area contributed by atoms with E-state index in [2.05, 4.69) is 15.7 Å². The lowest BCUT2D eigenvalue weighted by Gasteiger charge is -2.16. The number of hydrogen-bond acceptors (Lipinski definition) is 4. The van der Waals surface area contributed by atoms with Gasteiger partial charge in [-0.1, -0.05) is 18.2 Å². The molecule has 0 spiro atoms. The molecule has 1 saturated heterocycles. The Morgan fingerprint density at radius 2 is 1.96 bits per heavy atom. The number of aromatic nitrogens is 4. The fraction of sp³-hybridized carbons (Fsp3) is 0.350. The summed E-state index contributed by atoms with van der Waals surface area (Å²) in [5.74, 6) is -0.368. The van der Waals surface area contributed by atoms with Crippen molar-refractivity contribution >= 4 is 11.6 Å². The fourth-order valence-electron chi connectivity index (χ4n) is 3.86. The van der Waals surface area contributed by atoms with Gasteiger partial charge in [-0.15, -0.1) is 0 Å². The van der Waals surface area contributed by atoms with E-state index in [4.69, 9.17) is 0 Å². The van der Waals surface area contributed by atoms with Crippen molar-refractivity contribution in [2.75, 3.05) is 18.4 Å². The average molecular weight is 380 g/mol. The number of nitrogens with one attached hydrogen (secondary N) is 2. The molecule has 2 aromatic heterocycles. The maximum atomic E-state index is 13.0. The highest BCUT2D eigenvalue weighted by Gasteiger charge is 2.35. The van der Waals surface area contributed by atoms with E-state index in [0.29, 0.717) is 24.5 Å². The van der Waals surface area contributed by atoms with E-state index in [9.17, 15) is 9.59 Å². The molecule has 4 rings (SSSR count). The molecule has 1 fully saturated rings. The Morgan fingerprint density at radius 1 is 1.21 bits per heavy atom. The molecule has 0 bridgehead atoms. The third-order valence-electron chi connectivity index (χ3n) is 5.51. The molecule has 0 unspecified atom stereocenters. The predicted octanol–water partition coefficient (Wildman–Crippen LogP) is 1.16. The van der Waals surface area contributed by atoms with Crippen molar-refractivity contribution < 1.29 is 4.79 Å². The Kier molecular flexibility index (Phi) is 4.64. The van der Waals surface area contributed by atoms with Crippen LogP contribution in [0.5, 0.6) is 0 Å². The van der Waals surface area contributed by atoms with Crippen LogP contribution >= 0.6 is 0 Å². The van der Waals surface area contributed by atoms with Crippen LogP contribution in [0.25, 0.3) is 5.69 Å². The normalized spacial score (nSPS) is 19.1. The van der Waals surface area contributed by atoms with Crippen LogP contribution in [0.2, 0.25) is 0 Å². The van der Waals surface area contributed by atoms with Crippen LogP contribution in [-0.2, 0) is 18.9 Å². The summed E-state index contributed by atoms with van der Waals surface area (Å²) in [5.41, 5.74) is 2.59. The zero-order chi connectivity index (χ0) is 19.8. The third kappa shape index (κ3) is 3.05. The maximum absolute atomic E-state index is 13.0. The van der Waals surface area contributed by atoms with Gasteiger partial charge in [-0.05, 0) is 24.6 Å². The Bertz CT molecular complexity index is 1060. The summed E-state index contributed by atoms with van der Waals surface area (Å²) in [7, 11) is 3.68. The molecule has 8 nitrogen and oxygen atoms in total. The first-order valence-corrected chi connectivity index (χ1v) is 9.31. The maximum Gasteiger partial charge on any atom is 0.295 e. The lowest BCUT2D eigenvalue weighted by molar-refractivity contribution is -0.119. The SMILES string of the molecule is Cc1c(NC(=O)[C@H]2CNC[C@@H]2c2cnn(C)c2)c(=O)n(-c2ccccc2)n1C. The van der Waals surface area contributed by atoms with Gasteiger partial charge in [-0.25, -0.2) is 4.68 Å². The van der Waals surface area contributed by atoms with Crippen molar-refractivity contribution in [3.63, 3.8) is 0 Å². The van der Waals surface area contributed by atoms with Crippen LogP contribution in [-0.4, -0.2) is 38.1 Å². The second-order valence-corrected chi connectivity index (χ2v) is 7.24. The van der Waals surface area contributed by atoms with Crippen LogP contribution in [0.3, 0.4) is 0 Å². The molecular weight excluding hydrogens is 356 g/mol. The first-order valence-electron chi connectivity index (χ1n) is 9.31. The molecule has 1 aliphatic heterocycles. The monoisotopic (exact) mass is 380 g/mol. The van der Waals surface area contributed by atoms with Crippen LogP contribution < -0.4 is 16.2 Å². The van der Waals surface area contributed by atoms with Gasteiger partial charge in [0, 0.05) is 39.3 Å². The van der Waals surface area contributed by atoms with Crippen LogP contribution in [0, 0.1) is 12.8 Å². The molecule has 2 N–H and O–H groups in total. The summed E-state index contributed by atoms with van der Waals surface area (Å²) in [6.45, 7) is 3.12. The molecule has 1 amide bonds. The zero-order valence-corrected chi connectivity index (χ0v) is 16.2. The smallest absolute Gasteiger partial charge is 0.295 e. The standard InChI is InChI=1S/C20H24N6O2/c1-13-18(20(28)26(25(13)3)15-7-5-4-6-8-15)23-19(27)17-11-21-10-16(17)14-9-22-24(2)12-14/h4-9,12,16-17,21H,10-11H2,1-3H3,(H,23,27)/t16-,17+/m1/s1. The minimum absolute atomic E-state index is 0.0362. The highest BCUT2D eigenvalue weighted by Crippen LogP contribution is 2.29. The van der Waals surface area contributed by atoms with Crippen molar-refractivity contribution in [2.45, 2.75) is 12.8 Å². The molecule has 3 heterocycles. The van der Waals surface area contributed by atoms with Crippen LogP contribution in [0.4, 0.5) is 5.69 Å². The minimum Gasteiger partial charge on any atom is -0.320 e. The van der Waals surface area contributed by atoms with Gasteiger partial charge in [0.1, 0.15) is 5.69 Å². The molecular formula is C20H24N6O2. The Hall–Kier alpha value is -3.13. The highest BCUT2D eigenvalue weighted by molar-refractivity contribution is 5.94. The number of aryl methyl sites for hydroxylation is 1. The number of hydrogen-bond donors (Lipinski definition) is 2. The summed E-state index contributed by atoms with van der Waals surface area (Å²) in [6.07, 6.45) is 3.74. The van der Waals surface area contributed by atoms with Gasteiger partial charge in [0.05, 0.1) is 23.5 Å². The second-order valence-electron chi connectivity index (χ2n) is 7.24. The molecule has 0 aliphatic carbocycles. The number of anilines is 1.